The molecule has 1 atom stereocenters. The molecule has 1 aromatic heterocycles. The van der Waals surface area contributed by atoms with Crippen molar-refractivity contribution >= 4 is 22.2 Å². The Morgan fingerprint density at radius 2 is 1.85 bits per heavy atom. The molecule has 4 nitrogen and oxygen atoms in total. The van der Waals surface area contributed by atoms with Crippen molar-refractivity contribution in [2.24, 2.45) is 0 Å². The smallest absolute Gasteiger partial charge is 0.187 e. The van der Waals surface area contributed by atoms with Crippen molar-refractivity contribution in [3.63, 3.8) is 0 Å². The molecule has 1 fully saturated rings. The van der Waals surface area contributed by atoms with Crippen LogP contribution in [0.1, 0.15) is 24.5 Å². The number of hydrogen-bond acceptors (Lipinski definition) is 5. The Hall–Kier alpha value is -2.37. The molecule has 1 aliphatic rings. The Morgan fingerprint density at radius 3 is 2.62 bits per heavy atom. The molecule has 1 aliphatic heterocycles. The van der Waals surface area contributed by atoms with Crippen LogP contribution in [-0.4, -0.2) is 30.0 Å². The van der Waals surface area contributed by atoms with Crippen LogP contribution >= 0.6 is 11.3 Å². The fraction of sp³-hybridized carbons (Fsp3) is 0.286. The molecule has 0 aliphatic carbocycles. The number of aromatic nitrogens is 1. The van der Waals surface area contributed by atoms with Crippen molar-refractivity contribution < 1.29 is 4.74 Å². The van der Waals surface area contributed by atoms with Crippen molar-refractivity contribution in [2.45, 2.75) is 18.8 Å². The fourth-order valence-corrected chi connectivity index (χ4v) is 4.11. The zero-order chi connectivity index (χ0) is 17.8. The van der Waals surface area contributed by atoms with Crippen LogP contribution in [0.15, 0.2) is 60.0 Å². The largest absolute Gasteiger partial charge is 0.457 e. The van der Waals surface area contributed by atoms with Crippen LogP contribution in [-0.2, 0) is 0 Å². The molecule has 0 unspecified atom stereocenters. The van der Waals surface area contributed by atoms with Gasteiger partial charge >= 0.3 is 0 Å². The minimum absolute atomic E-state index is 0.558. The van der Waals surface area contributed by atoms with E-state index in [1.54, 1.807) is 11.3 Å². The van der Waals surface area contributed by atoms with Gasteiger partial charge in [-0.25, -0.2) is 4.98 Å². The minimum Gasteiger partial charge on any atom is -0.457 e. The molecule has 3 aromatic rings. The van der Waals surface area contributed by atoms with Gasteiger partial charge in [0.05, 0.1) is 5.69 Å². The van der Waals surface area contributed by atoms with E-state index in [-0.39, 0.29) is 0 Å². The van der Waals surface area contributed by atoms with E-state index in [1.807, 2.05) is 54.6 Å². The molecule has 1 N–H and O–H groups in total. The first-order valence-electron chi connectivity index (χ1n) is 9.00. The van der Waals surface area contributed by atoms with E-state index in [2.05, 4.69) is 22.6 Å². The topological polar surface area (TPSA) is 37.4 Å². The average Bonchev–Trinajstić information content (AvgIpc) is 3.13. The van der Waals surface area contributed by atoms with Crippen LogP contribution in [0.2, 0.25) is 0 Å². The van der Waals surface area contributed by atoms with Crippen molar-refractivity contribution in [2.75, 3.05) is 25.5 Å². The number of benzene rings is 2. The maximum absolute atomic E-state index is 5.83. The second-order valence-corrected chi connectivity index (χ2v) is 7.60. The molecule has 5 heteroatoms. The number of piperidine rings is 1. The van der Waals surface area contributed by atoms with Gasteiger partial charge in [-0.3, -0.25) is 0 Å². The first kappa shape index (κ1) is 17.1. The maximum atomic E-state index is 5.83. The normalized spacial score (nSPS) is 17.8. The highest BCUT2D eigenvalue weighted by Crippen LogP contribution is 2.31. The third kappa shape index (κ3) is 4.23. The molecular weight excluding hydrogens is 342 g/mol. The summed E-state index contributed by atoms with van der Waals surface area (Å²) < 4.78 is 5.83. The summed E-state index contributed by atoms with van der Waals surface area (Å²) in [6, 6.07) is 17.8. The number of likely N-dealkylation sites (N-methyl/N-ethyl adjacent to an activating group) is 1. The summed E-state index contributed by atoms with van der Waals surface area (Å²) in [6.07, 6.45) is 2.49. The van der Waals surface area contributed by atoms with E-state index in [0.29, 0.717) is 5.92 Å². The maximum Gasteiger partial charge on any atom is 0.187 e. The molecule has 0 amide bonds. The lowest BCUT2D eigenvalue weighted by molar-refractivity contribution is 0.249. The van der Waals surface area contributed by atoms with Crippen LogP contribution in [0, 0.1) is 0 Å². The third-order valence-corrected chi connectivity index (χ3v) is 5.43. The summed E-state index contributed by atoms with van der Waals surface area (Å²) in [5.41, 5.74) is 2.24. The van der Waals surface area contributed by atoms with Crippen LogP contribution < -0.4 is 10.1 Å². The highest BCUT2D eigenvalue weighted by atomic mass is 32.1. The van der Waals surface area contributed by atoms with Gasteiger partial charge in [-0.15, -0.1) is 11.3 Å². The zero-order valence-corrected chi connectivity index (χ0v) is 15.7. The number of para-hydroxylation sites is 1. The van der Waals surface area contributed by atoms with Gasteiger partial charge in [-0.2, -0.15) is 0 Å². The van der Waals surface area contributed by atoms with E-state index in [4.69, 9.17) is 9.72 Å². The molecule has 0 bridgehead atoms. The van der Waals surface area contributed by atoms with E-state index in [9.17, 15) is 0 Å². The highest BCUT2D eigenvalue weighted by molar-refractivity contribution is 7.13. The SMILES string of the molecule is CN1CCC[C@H](c2csc(Nc3ccc(Oc4ccccc4)cc3)n2)C1. The van der Waals surface area contributed by atoms with E-state index >= 15 is 0 Å². The number of nitrogens with one attached hydrogen (secondary N) is 1. The molecule has 1 saturated heterocycles. The number of nitrogens with zero attached hydrogens (tertiary/aromatic N) is 2. The fourth-order valence-electron chi connectivity index (χ4n) is 3.29. The average molecular weight is 366 g/mol. The number of likely N-dealkylation sites (tertiary alicyclic amines) is 1. The summed E-state index contributed by atoms with van der Waals surface area (Å²) in [5.74, 6) is 2.23. The predicted octanol–water partition coefficient (Wildman–Crippen LogP) is 5.49. The van der Waals surface area contributed by atoms with Crippen LogP contribution in [0.3, 0.4) is 0 Å². The van der Waals surface area contributed by atoms with Gasteiger partial charge in [0, 0.05) is 23.5 Å². The summed E-state index contributed by atoms with van der Waals surface area (Å²) in [7, 11) is 2.19. The van der Waals surface area contributed by atoms with Gasteiger partial charge in [0.2, 0.25) is 0 Å². The number of ether oxygens (including phenoxy) is 1. The first-order valence-corrected chi connectivity index (χ1v) is 9.88. The van der Waals surface area contributed by atoms with Gasteiger partial charge in [0.15, 0.2) is 5.13 Å². The van der Waals surface area contributed by atoms with Crippen molar-refractivity contribution in [3.05, 3.63) is 65.7 Å². The number of hydrogen-bond donors (Lipinski definition) is 1. The number of rotatable bonds is 5. The number of anilines is 2. The lowest BCUT2D eigenvalue weighted by Gasteiger charge is -2.28. The second kappa shape index (κ2) is 7.89. The van der Waals surface area contributed by atoms with Crippen LogP contribution in [0.4, 0.5) is 10.8 Å². The first-order chi connectivity index (χ1) is 12.8. The Morgan fingerprint density at radius 1 is 1.08 bits per heavy atom. The molecule has 134 valence electrons. The summed E-state index contributed by atoms with van der Waals surface area (Å²) >= 11 is 1.67. The standard InChI is InChI=1S/C21H23N3OS/c1-24-13-5-6-16(14-24)20-15-26-21(23-20)22-17-9-11-19(12-10-17)25-18-7-3-2-4-8-18/h2-4,7-12,15-16H,5-6,13-14H2,1H3,(H,22,23)/t16-/m0/s1. The number of thiazole rings is 1. The molecule has 2 heterocycles. The summed E-state index contributed by atoms with van der Waals surface area (Å²) in [6.45, 7) is 2.30. The van der Waals surface area contributed by atoms with Gasteiger partial charge in [-0.1, -0.05) is 18.2 Å². The van der Waals surface area contributed by atoms with Crippen LogP contribution in [0.25, 0.3) is 0 Å². The highest BCUT2D eigenvalue weighted by Gasteiger charge is 2.21. The monoisotopic (exact) mass is 365 g/mol. The lowest BCUT2D eigenvalue weighted by Crippen LogP contribution is -2.30. The summed E-state index contributed by atoms with van der Waals surface area (Å²) in [4.78, 5) is 7.20. The van der Waals surface area contributed by atoms with Crippen LogP contribution in [0.5, 0.6) is 11.5 Å². The van der Waals surface area contributed by atoms with E-state index < -0.39 is 0 Å². The Balaban J connectivity index is 1.38. The molecule has 0 saturated carbocycles. The predicted molar refractivity (Wildman–Crippen MR) is 108 cm³/mol. The molecule has 26 heavy (non-hydrogen) atoms. The molecule has 0 spiro atoms. The van der Waals surface area contributed by atoms with Gasteiger partial charge in [0.25, 0.3) is 0 Å². The Bertz CT molecular complexity index is 832. The molecule has 4 rings (SSSR count). The van der Waals surface area contributed by atoms with Crippen molar-refractivity contribution in [1.82, 2.24) is 9.88 Å². The van der Waals surface area contributed by atoms with Gasteiger partial charge in [0.1, 0.15) is 11.5 Å². The van der Waals surface area contributed by atoms with E-state index in [0.717, 1.165) is 28.9 Å². The lowest BCUT2D eigenvalue weighted by atomic mass is 9.96. The second-order valence-electron chi connectivity index (χ2n) is 6.74. The quantitative estimate of drug-likeness (QED) is 0.649. The molecule has 0 radical (unpaired) electrons. The Labute approximate surface area is 158 Å². The van der Waals surface area contributed by atoms with Crippen molar-refractivity contribution in [3.8, 4) is 11.5 Å². The van der Waals surface area contributed by atoms with Gasteiger partial charge < -0.3 is 15.0 Å². The third-order valence-electron chi connectivity index (χ3n) is 4.65. The van der Waals surface area contributed by atoms with E-state index in [1.165, 1.54) is 25.1 Å². The molecule has 2 aromatic carbocycles. The van der Waals surface area contributed by atoms with Crippen molar-refractivity contribution in [1.29, 1.82) is 0 Å². The Kier molecular flexibility index (Phi) is 5.18. The van der Waals surface area contributed by atoms with Gasteiger partial charge in [-0.05, 0) is 62.8 Å². The molecular formula is C21H23N3OS. The zero-order valence-electron chi connectivity index (χ0n) is 14.9. The minimum atomic E-state index is 0.558. The summed E-state index contributed by atoms with van der Waals surface area (Å²) in [5, 5.41) is 6.55.